The number of hydrogen-bond donors (Lipinski definition) is 1. The first-order valence-electron chi connectivity index (χ1n) is 21.3. The van der Waals surface area contributed by atoms with Crippen molar-refractivity contribution in [2.45, 2.75) is 219 Å². The van der Waals surface area contributed by atoms with Gasteiger partial charge in [-0.15, -0.1) is 0 Å². The molecule has 0 bridgehead atoms. The summed E-state index contributed by atoms with van der Waals surface area (Å²) in [5.74, 6) is -4.86. The summed E-state index contributed by atoms with van der Waals surface area (Å²) in [6.45, 7) is 5.69. The molecule has 0 radical (unpaired) electrons. The molecule has 0 aromatic heterocycles. The summed E-state index contributed by atoms with van der Waals surface area (Å²) in [5, 5.41) is 10.1. The van der Waals surface area contributed by atoms with Gasteiger partial charge in [-0.25, -0.2) is 4.79 Å². The third-order valence-corrected chi connectivity index (χ3v) is 9.11. The topological polar surface area (TPSA) is 143 Å². The van der Waals surface area contributed by atoms with Gasteiger partial charge < -0.3 is 24.1 Å². The van der Waals surface area contributed by atoms with Crippen molar-refractivity contribution in [2.24, 2.45) is 0 Å². The summed E-state index contributed by atoms with van der Waals surface area (Å²) < 4.78 is 20.5. The molecule has 0 aliphatic rings. The third kappa shape index (κ3) is 34.9. The molecule has 0 rings (SSSR count). The Hall–Kier alpha value is -2.59. The number of ketones is 1. The lowest BCUT2D eigenvalue weighted by atomic mass is 10.0. The molecule has 0 amide bonds. The van der Waals surface area contributed by atoms with E-state index in [9.17, 15) is 29.1 Å². The van der Waals surface area contributed by atoms with Gasteiger partial charge in [-0.2, -0.15) is 0 Å². The number of ether oxygens (including phenoxy) is 4. The van der Waals surface area contributed by atoms with Gasteiger partial charge in [-0.3, -0.25) is 19.2 Å². The standard InChI is InChI=1S/C43H76O10/c1-4-7-10-13-14-15-16-17-18-19-20-21-22-23-24-25-26-27-30-33-41(47)53-42(48)34-38(44)43(49)51-36-37(52-40(46)32-29-12-9-6-3)35-50-39(45)31-28-11-8-5-2/h23-24,37,39,45H,4-22,25-36H2,1-3H3. The summed E-state index contributed by atoms with van der Waals surface area (Å²) in [5.41, 5.74) is 0. The van der Waals surface area contributed by atoms with E-state index in [1.54, 1.807) is 0 Å². The molecule has 2 unspecified atom stereocenters. The predicted molar refractivity (Wildman–Crippen MR) is 209 cm³/mol. The van der Waals surface area contributed by atoms with E-state index in [4.69, 9.17) is 18.9 Å². The number of unbranched alkanes of at least 4 members (excludes halogenated alkanes) is 21. The first-order valence-corrected chi connectivity index (χ1v) is 21.3. The van der Waals surface area contributed by atoms with Crippen LogP contribution in [0.2, 0.25) is 0 Å². The van der Waals surface area contributed by atoms with E-state index in [1.165, 1.54) is 77.0 Å². The fourth-order valence-electron chi connectivity index (χ4n) is 5.82. The molecule has 0 aromatic rings. The van der Waals surface area contributed by atoms with Gasteiger partial charge in [0.2, 0.25) is 0 Å². The lowest BCUT2D eigenvalue weighted by Crippen LogP contribution is -2.33. The van der Waals surface area contributed by atoms with E-state index in [1.807, 2.05) is 0 Å². The highest BCUT2D eigenvalue weighted by atomic mass is 16.6. The van der Waals surface area contributed by atoms with E-state index in [0.29, 0.717) is 19.3 Å². The Labute approximate surface area is 321 Å². The minimum atomic E-state index is -1.31. The van der Waals surface area contributed by atoms with Crippen molar-refractivity contribution < 1.29 is 48.0 Å². The Kier molecular flexibility index (Phi) is 35.9. The second-order valence-corrected chi connectivity index (χ2v) is 14.4. The monoisotopic (exact) mass is 753 g/mol. The third-order valence-electron chi connectivity index (χ3n) is 9.11. The van der Waals surface area contributed by atoms with Gasteiger partial charge in [0.15, 0.2) is 12.4 Å². The highest BCUT2D eigenvalue weighted by Crippen LogP contribution is 2.14. The van der Waals surface area contributed by atoms with Crippen LogP contribution in [0.3, 0.4) is 0 Å². The van der Waals surface area contributed by atoms with Gasteiger partial charge >= 0.3 is 23.9 Å². The summed E-state index contributed by atoms with van der Waals surface area (Å²) in [6, 6.07) is 0. The number of esters is 4. The Morgan fingerprint density at radius 2 is 0.981 bits per heavy atom. The van der Waals surface area contributed by atoms with Gasteiger partial charge in [0.05, 0.1) is 6.61 Å². The molecule has 0 spiro atoms. The normalized spacial score (nSPS) is 12.5. The van der Waals surface area contributed by atoms with Crippen LogP contribution in [0.1, 0.15) is 207 Å². The van der Waals surface area contributed by atoms with Crippen molar-refractivity contribution in [3.05, 3.63) is 12.2 Å². The first kappa shape index (κ1) is 50.4. The van der Waals surface area contributed by atoms with Gasteiger partial charge in [0.25, 0.3) is 5.78 Å². The van der Waals surface area contributed by atoms with Crippen molar-refractivity contribution in [1.29, 1.82) is 0 Å². The minimum absolute atomic E-state index is 0.0445. The number of rotatable bonds is 38. The van der Waals surface area contributed by atoms with E-state index in [2.05, 4.69) is 32.9 Å². The van der Waals surface area contributed by atoms with Crippen LogP contribution in [0.15, 0.2) is 12.2 Å². The highest BCUT2D eigenvalue weighted by Gasteiger charge is 2.25. The van der Waals surface area contributed by atoms with Gasteiger partial charge in [-0.05, 0) is 51.4 Å². The van der Waals surface area contributed by atoms with Crippen molar-refractivity contribution in [3.8, 4) is 0 Å². The highest BCUT2D eigenvalue weighted by molar-refractivity contribution is 6.36. The number of hydrogen-bond acceptors (Lipinski definition) is 10. The number of carbonyl (C=O) groups is 5. The lowest BCUT2D eigenvalue weighted by Gasteiger charge is -2.20. The second kappa shape index (κ2) is 37.7. The maximum atomic E-state index is 12.3. The molecule has 308 valence electrons. The summed E-state index contributed by atoms with van der Waals surface area (Å²) in [4.78, 5) is 61.1. The lowest BCUT2D eigenvalue weighted by molar-refractivity contribution is -0.175. The van der Waals surface area contributed by atoms with Crippen LogP contribution in [0, 0.1) is 0 Å². The Bertz CT molecular complexity index is 963. The maximum Gasteiger partial charge on any atom is 0.375 e. The van der Waals surface area contributed by atoms with Crippen LogP contribution in [-0.4, -0.2) is 60.4 Å². The second-order valence-electron chi connectivity index (χ2n) is 14.4. The Morgan fingerprint density at radius 1 is 0.528 bits per heavy atom. The molecule has 0 heterocycles. The smallest absolute Gasteiger partial charge is 0.375 e. The molecule has 2 atom stereocenters. The SMILES string of the molecule is CCCCCCCCCCCCCCC=CCCCCCC(=O)OC(=O)CC(=O)C(=O)OCC(COC(O)CCCCCC)OC(=O)CCCCCC. The minimum Gasteiger partial charge on any atom is -0.456 e. The van der Waals surface area contributed by atoms with E-state index < -0.39 is 55.1 Å². The quantitative estimate of drug-likeness (QED) is 0.0123. The molecule has 10 heteroatoms. The van der Waals surface area contributed by atoms with Crippen molar-refractivity contribution >= 4 is 29.7 Å². The Balaban J connectivity index is 4.19. The molecular weight excluding hydrogens is 676 g/mol. The van der Waals surface area contributed by atoms with Crippen molar-refractivity contribution in [1.82, 2.24) is 0 Å². The molecule has 0 saturated carbocycles. The molecule has 0 fully saturated rings. The molecular formula is C43H76O10. The van der Waals surface area contributed by atoms with E-state index >= 15 is 0 Å². The maximum absolute atomic E-state index is 12.3. The van der Waals surface area contributed by atoms with Crippen LogP contribution >= 0.6 is 0 Å². The first-order chi connectivity index (χ1) is 25.7. The Morgan fingerprint density at radius 3 is 1.53 bits per heavy atom. The zero-order valence-corrected chi connectivity index (χ0v) is 33.9. The van der Waals surface area contributed by atoms with Crippen LogP contribution in [0.4, 0.5) is 0 Å². The van der Waals surface area contributed by atoms with Crippen LogP contribution in [0.25, 0.3) is 0 Å². The average Bonchev–Trinajstić information content (AvgIpc) is 3.13. The summed E-state index contributed by atoms with van der Waals surface area (Å²) >= 11 is 0. The fourth-order valence-corrected chi connectivity index (χ4v) is 5.82. The van der Waals surface area contributed by atoms with Crippen molar-refractivity contribution in [3.63, 3.8) is 0 Å². The van der Waals surface area contributed by atoms with Crippen molar-refractivity contribution in [2.75, 3.05) is 13.2 Å². The zero-order chi connectivity index (χ0) is 39.2. The van der Waals surface area contributed by atoms with Crippen LogP contribution < -0.4 is 0 Å². The number of aliphatic hydroxyl groups excluding tert-OH is 1. The zero-order valence-electron chi connectivity index (χ0n) is 33.9. The molecule has 0 saturated heterocycles. The average molecular weight is 753 g/mol. The van der Waals surface area contributed by atoms with Gasteiger partial charge in [0, 0.05) is 12.8 Å². The number of aliphatic hydroxyl groups is 1. The van der Waals surface area contributed by atoms with Crippen LogP contribution in [0.5, 0.6) is 0 Å². The summed E-state index contributed by atoms with van der Waals surface area (Å²) in [6.07, 6.45) is 29.9. The molecule has 0 aliphatic carbocycles. The summed E-state index contributed by atoms with van der Waals surface area (Å²) in [7, 11) is 0. The molecule has 1 N–H and O–H groups in total. The molecule has 0 aliphatic heterocycles. The van der Waals surface area contributed by atoms with Gasteiger partial charge in [-0.1, -0.05) is 148 Å². The van der Waals surface area contributed by atoms with E-state index in [0.717, 1.165) is 70.6 Å². The van der Waals surface area contributed by atoms with Crippen LogP contribution in [-0.2, 0) is 42.9 Å². The molecule has 0 aromatic carbocycles. The number of carbonyl (C=O) groups excluding carboxylic acids is 5. The van der Waals surface area contributed by atoms with Gasteiger partial charge in [0.1, 0.15) is 13.0 Å². The predicted octanol–water partition coefficient (Wildman–Crippen LogP) is 10.3. The number of Topliss-reactive ketones (excluding diaryl/α,β-unsaturated/α-hetero) is 1. The molecule has 53 heavy (non-hydrogen) atoms. The molecule has 10 nitrogen and oxygen atoms in total. The largest absolute Gasteiger partial charge is 0.456 e. The number of allylic oxidation sites excluding steroid dienone is 2. The van der Waals surface area contributed by atoms with E-state index in [-0.39, 0.29) is 19.4 Å². The fraction of sp³-hybridized carbons (Fsp3) is 0.837.